The maximum atomic E-state index is 11.5. The molecule has 0 aromatic rings. The normalized spacial score (nSPS) is 13.6. The molecule has 6 heteroatoms. The van der Waals surface area contributed by atoms with E-state index >= 15 is 0 Å². The zero-order chi connectivity index (χ0) is 16.0. The lowest BCUT2D eigenvalue weighted by atomic mass is 10.2. The van der Waals surface area contributed by atoms with Gasteiger partial charge in [0.1, 0.15) is 11.2 Å². The summed E-state index contributed by atoms with van der Waals surface area (Å²) in [4.78, 5) is 22.9. The zero-order valence-corrected chi connectivity index (χ0v) is 13.6. The second kappa shape index (κ2) is 7.47. The number of esters is 1. The van der Waals surface area contributed by atoms with Crippen LogP contribution in [0.3, 0.4) is 0 Å². The Kier molecular flexibility index (Phi) is 6.99. The molecule has 0 saturated carbocycles. The SMILES string of the molecule is CC(CNC(=O)OC(C)(C)C)NCC(=O)OC(C)(C)C. The van der Waals surface area contributed by atoms with Gasteiger partial charge in [-0.25, -0.2) is 4.79 Å². The molecule has 0 radical (unpaired) electrons. The van der Waals surface area contributed by atoms with E-state index in [1.165, 1.54) is 0 Å². The second-order valence-corrected chi connectivity index (χ2v) is 6.75. The van der Waals surface area contributed by atoms with Gasteiger partial charge in [0.2, 0.25) is 0 Å². The van der Waals surface area contributed by atoms with Crippen LogP contribution in [-0.4, -0.2) is 42.4 Å². The van der Waals surface area contributed by atoms with E-state index in [2.05, 4.69) is 10.6 Å². The number of amides is 1. The Morgan fingerprint density at radius 2 is 1.50 bits per heavy atom. The fraction of sp³-hybridized carbons (Fsp3) is 0.857. The van der Waals surface area contributed by atoms with Crippen molar-refractivity contribution in [3.8, 4) is 0 Å². The molecular formula is C14H28N2O4. The molecule has 0 fully saturated rings. The van der Waals surface area contributed by atoms with E-state index in [0.29, 0.717) is 6.54 Å². The fourth-order valence-electron chi connectivity index (χ4n) is 1.26. The molecule has 0 aromatic carbocycles. The van der Waals surface area contributed by atoms with Gasteiger partial charge in [-0.3, -0.25) is 4.79 Å². The van der Waals surface area contributed by atoms with Crippen LogP contribution in [0, 0.1) is 0 Å². The molecule has 0 rings (SSSR count). The van der Waals surface area contributed by atoms with Crippen LogP contribution in [0.4, 0.5) is 4.79 Å². The van der Waals surface area contributed by atoms with Gasteiger partial charge in [0, 0.05) is 12.6 Å². The van der Waals surface area contributed by atoms with Gasteiger partial charge in [0.15, 0.2) is 0 Å². The lowest BCUT2D eigenvalue weighted by Crippen LogP contribution is -2.43. The molecule has 0 aliphatic heterocycles. The Bertz CT molecular complexity index is 297. The van der Waals surface area contributed by atoms with Crippen molar-refractivity contribution in [2.75, 3.05) is 13.1 Å². The van der Waals surface area contributed by atoms with Crippen molar-refractivity contribution in [3.63, 3.8) is 0 Å². The predicted octanol–water partition coefficient (Wildman–Crippen LogP) is 1.83. The molecule has 0 saturated heterocycles. The van der Waals surface area contributed by atoms with Gasteiger partial charge >= 0.3 is 12.1 Å². The molecule has 2 N–H and O–H groups in total. The Balaban J connectivity index is 3.87. The van der Waals surface area contributed by atoms with Crippen molar-refractivity contribution >= 4 is 12.1 Å². The topological polar surface area (TPSA) is 76.7 Å². The molecule has 1 atom stereocenters. The van der Waals surface area contributed by atoms with Gasteiger partial charge in [0.05, 0.1) is 6.54 Å². The molecular weight excluding hydrogens is 260 g/mol. The zero-order valence-electron chi connectivity index (χ0n) is 13.6. The molecule has 118 valence electrons. The smallest absolute Gasteiger partial charge is 0.407 e. The summed E-state index contributed by atoms with van der Waals surface area (Å²) < 4.78 is 10.3. The second-order valence-electron chi connectivity index (χ2n) is 6.75. The molecule has 1 amide bonds. The predicted molar refractivity (Wildman–Crippen MR) is 77.5 cm³/mol. The van der Waals surface area contributed by atoms with Crippen LogP contribution in [0.5, 0.6) is 0 Å². The Hall–Kier alpha value is -1.30. The number of ether oxygens (including phenoxy) is 2. The summed E-state index contributed by atoms with van der Waals surface area (Å²) in [5, 5.41) is 5.61. The quantitative estimate of drug-likeness (QED) is 0.755. The Labute approximate surface area is 121 Å². The summed E-state index contributed by atoms with van der Waals surface area (Å²) in [6, 6.07) is -0.0602. The summed E-state index contributed by atoms with van der Waals surface area (Å²) in [5.41, 5.74) is -1.01. The van der Waals surface area contributed by atoms with Crippen molar-refractivity contribution in [3.05, 3.63) is 0 Å². The average molecular weight is 288 g/mol. The van der Waals surface area contributed by atoms with Crippen LogP contribution in [0.25, 0.3) is 0 Å². The lowest BCUT2D eigenvalue weighted by Gasteiger charge is -2.22. The highest BCUT2D eigenvalue weighted by atomic mass is 16.6. The van der Waals surface area contributed by atoms with Crippen molar-refractivity contribution in [2.45, 2.75) is 65.7 Å². The largest absolute Gasteiger partial charge is 0.459 e. The standard InChI is InChI=1S/C14H28N2O4/c1-10(8-16-12(18)20-14(5,6)7)15-9-11(17)19-13(2,3)4/h10,15H,8-9H2,1-7H3,(H,16,18). The fourth-order valence-corrected chi connectivity index (χ4v) is 1.26. The third-order valence-electron chi connectivity index (χ3n) is 1.97. The average Bonchev–Trinajstić information content (AvgIpc) is 2.18. The number of carbonyl (C=O) groups excluding carboxylic acids is 2. The highest BCUT2D eigenvalue weighted by Crippen LogP contribution is 2.07. The number of rotatable bonds is 5. The van der Waals surface area contributed by atoms with Crippen LogP contribution >= 0.6 is 0 Å². The van der Waals surface area contributed by atoms with E-state index in [9.17, 15) is 9.59 Å². The van der Waals surface area contributed by atoms with Gasteiger partial charge in [-0.05, 0) is 48.5 Å². The minimum absolute atomic E-state index is 0.0602. The highest BCUT2D eigenvalue weighted by molar-refractivity contribution is 5.72. The molecule has 1 unspecified atom stereocenters. The first-order valence-corrected chi connectivity index (χ1v) is 6.81. The molecule has 0 aliphatic rings. The Morgan fingerprint density at radius 1 is 1.00 bits per heavy atom. The number of nitrogens with one attached hydrogen (secondary N) is 2. The van der Waals surface area contributed by atoms with Crippen LogP contribution in [-0.2, 0) is 14.3 Å². The van der Waals surface area contributed by atoms with Crippen molar-refractivity contribution < 1.29 is 19.1 Å². The molecule has 0 bridgehead atoms. The van der Waals surface area contributed by atoms with Gasteiger partial charge in [-0.1, -0.05) is 0 Å². The Morgan fingerprint density at radius 3 is 1.95 bits per heavy atom. The molecule has 0 heterocycles. The van der Waals surface area contributed by atoms with Crippen molar-refractivity contribution in [1.29, 1.82) is 0 Å². The molecule has 20 heavy (non-hydrogen) atoms. The van der Waals surface area contributed by atoms with Gasteiger partial charge < -0.3 is 20.1 Å². The van der Waals surface area contributed by atoms with E-state index in [4.69, 9.17) is 9.47 Å². The van der Waals surface area contributed by atoms with E-state index in [0.717, 1.165) is 0 Å². The third-order valence-corrected chi connectivity index (χ3v) is 1.97. The van der Waals surface area contributed by atoms with Crippen molar-refractivity contribution in [2.24, 2.45) is 0 Å². The molecule has 0 aromatic heterocycles. The first-order valence-electron chi connectivity index (χ1n) is 6.81. The molecule has 6 nitrogen and oxygen atoms in total. The van der Waals surface area contributed by atoms with E-state index in [-0.39, 0.29) is 18.6 Å². The van der Waals surface area contributed by atoms with Crippen LogP contribution in [0.1, 0.15) is 48.5 Å². The minimum atomic E-state index is -0.517. The monoisotopic (exact) mass is 288 g/mol. The number of carbonyl (C=O) groups is 2. The summed E-state index contributed by atoms with van der Waals surface area (Å²) in [7, 11) is 0. The first-order chi connectivity index (χ1) is 8.89. The number of alkyl carbamates (subject to hydrolysis) is 1. The minimum Gasteiger partial charge on any atom is -0.459 e. The third kappa shape index (κ3) is 11.8. The summed E-state index contributed by atoms with van der Waals surface area (Å²) >= 11 is 0. The molecule has 0 spiro atoms. The highest BCUT2D eigenvalue weighted by Gasteiger charge is 2.18. The maximum Gasteiger partial charge on any atom is 0.407 e. The van der Waals surface area contributed by atoms with Gasteiger partial charge in [-0.15, -0.1) is 0 Å². The summed E-state index contributed by atoms with van der Waals surface area (Å²) in [6.07, 6.45) is -0.469. The lowest BCUT2D eigenvalue weighted by molar-refractivity contribution is -0.153. The van der Waals surface area contributed by atoms with Crippen LogP contribution < -0.4 is 10.6 Å². The van der Waals surface area contributed by atoms with Gasteiger partial charge in [0.25, 0.3) is 0 Å². The summed E-state index contributed by atoms with van der Waals surface area (Å²) in [5.74, 6) is -0.318. The van der Waals surface area contributed by atoms with Crippen LogP contribution in [0.15, 0.2) is 0 Å². The van der Waals surface area contributed by atoms with Gasteiger partial charge in [-0.2, -0.15) is 0 Å². The van der Waals surface area contributed by atoms with Crippen LogP contribution in [0.2, 0.25) is 0 Å². The van der Waals surface area contributed by atoms with E-state index < -0.39 is 17.3 Å². The first kappa shape index (κ1) is 18.7. The number of hydrogen-bond donors (Lipinski definition) is 2. The van der Waals surface area contributed by atoms with E-state index in [1.54, 1.807) is 20.8 Å². The van der Waals surface area contributed by atoms with E-state index in [1.807, 2.05) is 27.7 Å². The van der Waals surface area contributed by atoms with Crippen molar-refractivity contribution in [1.82, 2.24) is 10.6 Å². The summed E-state index contributed by atoms with van der Waals surface area (Å²) in [6.45, 7) is 13.2. The maximum absolute atomic E-state index is 11.5. The molecule has 0 aliphatic carbocycles. The number of hydrogen-bond acceptors (Lipinski definition) is 5.